The first-order valence-electron chi connectivity index (χ1n) is 10.2. The molecule has 0 radical (unpaired) electrons. The van der Waals surface area contributed by atoms with Gasteiger partial charge in [0.05, 0.1) is 12.1 Å². The van der Waals surface area contributed by atoms with Gasteiger partial charge in [-0.3, -0.25) is 14.5 Å². The SMILES string of the molecule is CC(NC(=O)C(C)N1CCCC(CCC(=O)O)C1)c1ccc2ccccc2c1. The van der Waals surface area contributed by atoms with Gasteiger partial charge in [0, 0.05) is 13.0 Å². The molecule has 1 heterocycles. The van der Waals surface area contributed by atoms with Crippen molar-refractivity contribution in [3.8, 4) is 0 Å². The molecule has 1 saturated heterocycles. The van der Waals surface area contributed by atoms with Crippen molar-refractivity contribution >= 4 is 22.6 Å². The summed E-state index contributed by atoms with van der Waals surface area (Å²) >= 11 is 0. The Morgan fingerprint density at radius 3 is 2.68 bits per heavy atom. The smallest absolute Gasteiger partial charge is 0.303 e. The van der Waals surface area contributed by atoms with Crippen LogP contribution in [0.2, 0.25) is 0 Å². The third-order valence-corrected chi connectivity index (χ3v) is 5.88. The van der Waals surface area contributed by atoms with Gasteiger partial charge in [-0.1, -0.05) is 36.4 Å². The normalized spacial score (nSPS) is 19.9. The third kappa shape index (κ3) is 5.10. The maximum absolute atomic E-state index is 12.8. The summed E-state index contributed by atoms with van der Waals surface area (Å²) in [7, 11) is 0. The fourth-order valence-electron chi connectivity index (χ4n) is 4.07. The molecule has 1 fully saturated rings. The van der Waals surface area contributed by atoms with Gasteiger partial charge in [0.1, 0.15) is 0 Å². The number of hydrogen-bond acceptors (Lipinski definition) is 3. The first kappa shape index (κ1) is 20.3. The van der Waals surface area contributed by atoms with Gasteiger partial charge >= 0.3 is 5.97 Å². The van der Waals surface area contributed by atoms with Gasteiger partial charge in [0.15, 0.2) is 0 Å². The topological polar surface area (TPSA) is 69.6 Å². The number of carboxylic acids is 1. The highest BCUT2D eigenvalue weighted by Gasteiger charge is 2.28. The Morgan fingerprint density at radius 2 is 1.93 bits per heavy atom. The minimum Gasteiger partial charge on any atom is -0.481 e. The molecule has 1 amide bonds. The molecule has 3 atom stereocenters. The number of carbonyl (C=O) groups is 2. The fraction of sp³-hybridized carbons (Fsp3) is 0.478. The van der Waals surface area contributed by atoms with Gasteiger partial charge in [-0.25, -0.2) is 0 Å². The average Bonchev–Trinajstić information content (AvgIpc) is 2.71. The van der Waals surface area contributed by atoms with Crippen LogP contribution in [0.4, 0.5) is 0 Å². The lowest BCUT2D eigenvalue weighted by molar-refractivity contribution is -0.137. The van der Waals surface area contributed by atoms with E-state index in [1.807, 2.05) is 26.0 Å². The van der Waals surface area contributed by atoms with E-state index in [2.05, 4.69) is 40.5 Å². The molecule has 0 aromatic heterocycles. The lowest BCUT2D eigenvalue weighted by Crippen LogP contribution is -2.49. The summed E-state index contributed by atoms with van der Waals surface area (Å²) in [6.45, 7) is 5.65. The number of nitrogens with one attached hydrogen (secondary N) is 1. The number of rotatable bonds is 7. The van der Waals surface area contributed by atoms with Gasteiger partial charge in [0.2, 0.25) is 5.91 Å². The highest BCUT2D eigenvalue weighted by molar-refractivity contribution is 5.84. The highest BCUT2D eigenvalue weighted by atomic mass is 16.4. The van der Waals surface area contributed by atoms with Crippen LogP contribution in [0.1, 0.15) is 51.1 Å². The minimum absolute atomic E-state index is 0.0274. The fourth-order valence-corrected chi connectivity index (χ4v) is 4.07. The van der Waals surface area contributed by atoms with E-state index in [0.29, 0.717) is 12.3 Å². The summed E-state index contributed by atoms with van der Waals surface area (Å²) in [4.78, 5) is 25.8. The van der Waals surface area contributed by atoms with E-state index in [0.717, 1.165) is 31.5 Å². The van der Waals surface area contributed by atoms with Crippen LogP contribution in [-0.4, -0.2) is 41.0 Å². The Kier molecular flexibility index (Phi) is 6.68. The van der Waals surface area contributed by atoms with Crippen molar-refractivity contribution in [2.45, 2.75) is 51.6 Å². The summed E-state index contributed by atoms with van der Waals surface area (Å²) < 4.78 is 0. The number of piperidine rings is 1. The molecule has 5 nitrogen and oxygen atoms in total. The van der Waals surface area contributed by atoms with E-state index in [-0.39, 0.29) is 24.4 Å². The Morgan fingerprint density at radius 1 is 1.18 bits per heavy atom. The molecule has 28 heavy (non-hydrogen) atoms. The Labute approximate surface area is 166 Å². The second kappa shape index (κ2) is 9.20. The number of fused-ring (bicyclic) bond motifs is 1. The third-order valence-electron chi connectivity index (χ3n) is 5.88. The molecule has 0 aliphatic carbocycles. The zero-order valence-electron chi connectivity index (χ0n) is 16.7. The van der Waals surface area contributed by atoms with E-state index in [1.165, 1.54) is 10.8 Å². The van der Waals surface area contributed by atoms with Crippen LogP contribution in [-0.2, 0) is 9.59 Å². The molecule has 1 aliphatic heterocycles. The van der Waals surface area contributed by atoms with Gasteiger partial charge in [-0.2, -0.15) is 0 Å². The molecule has 0 bridgehead atoms. The second-order valence-corrected chi connectivity index (χ2v) is 7.95. The molecule has 5 heteroatoms. The molecule has 1 aliphatic rings. The number of likely N-dealkylation sites (tertiary alicyclic amines) is 1. The highest BCUT2D eigenvalue weighted by Crippen LogP contribution is 2.24. The van der Waals surface area contributed by atoms with Gasteiger partial charge in [-0.05, 0) is 68.0 Å². The van der Waals surface area contributed by atoms with Gasteiger partial charge < -0.3 is 10.4 Å². The minimum atomic E-state index is -0.743. The van der Waals surface area contributed by atoms with Crippen LogP contribution >= 0.6 is 0 Å². The van der Waals surface area contributed by atoms with E-state index < -0.39 is 5.97 Å². The lowest BCUT2D eigenvalue weighted by atomic mass is 9.92. The molecule has 0 spiro atoms. The number of carboxylic acid groups (broad SMARTS) is 1. The maximum atomic E-state index is 12.8. The number of benzene rings is 2. The first-order valence-corrected chi connectivity index (χ1v) is 10.2. The molecule has 3 unspecified atom stereocenters. The van der Waals surface area contributed by atoms with Gasteiger partial charge in [-0.15, -0.1) is 0 Å². The lowest BCUT2D eigenvalue weighted by Gasteiger charge is -2.36. The average molecular weight is 383 g/mol. The molecular weight excluding hydrogens is 352 g/mol. The molecular formula is C23H30N2O3. The van der Waals surface area contributed by atoms with Crippen LogP contribution in [0.15, 0.2) is 42.5 Å². The Bertz CT molecular complexity index is 835. The Hall–Kier alpha value is -2.40. The van der Waals surface area contributed by atoms with Crippen LogP contribution in [0.3, 0.4) is 0 Å². The van der Waals surface area contributed by atoms with Crippen LogP contribution < -0.4 is 5.32 Å². The van der Waals surface area contributed by atoms with Crippen molar-refractivity contribution in [3.05, 3.63) is 48.0 Å². The van der Waals surface area contributed by atoms with Crippen molar-refractivity contribution in [3.63, 3.8) is 0 Å². The van der Waals surface area contributed by atoms with Crippen molar-refractivity contribution in [1.29, 1.82) is 0 Å². The van der Waals surface area contributed by atoms with Crippen LogP contribution in [0.5, 0.6) is 0 Å². The summed E-state index contributed by atoms with van der Waals surface area (Å²) in [5.41, 5.74) is 1.09. The predicted octanol–water partition coefficient (Wildman–Crippen LogP) is 3.98. The number of aliphatic carboxylic acids is 1. The summed E-state index contributed by atoms with van der Waals surface area (Å²) in [6, 6.07) is 14.2. The Balaban J connectivity index is 1.58. The standard InChI is InChI=1S/C23H30N2O3/c1-16(20-11-10-19-7-3-4-8-21(19)14-20)24-23(28)17(2)25-13-5-6-18(15-25)9-12-22(26)27/h3-4,7-8,10-11,14,16-18H,5-6,9,12-13,15H2,1-2H3,(H,24,28)(H,26,27). The number of hydrogen-bond donors (Lipinski definition) is 2. The number of nitrogens with zero attached hydrogens (tertiary/aromatic N) is 1. The zero-order valence-corrected chi connectivity index (χ0v) is 16.7. The summed E-state index contributed by atoms with van der Waals surface area (Å²) in [5.74, 6) is -0.357. The van der Waals surface area contributed by atoms with Crippen LogP contribution in [0.25, 0.3) is 10.8 Å². The number of amides is 1. The van der Waals surface area contributed by atoms with E-state index >= 15 is 0 Å². The van der Waals surface area contributed by atoms with Crippen molar-refractivity contribution in [2.24, 2.45) is 5.92 Å². The van der Waals surface area contributed by atoms with Crippen LogP contribution in [0, 0.1) is 5.92 Å². The predicted molar refractivity (Wildman–Crippen MR) is 111 cm³/mol. The molecule has 2 N–H and O–H groups in total. The molecule has 3 rings (SSSR count). The number of carbonyl (C=O) groups excluding carboxylic acids is 1. The van der Waals surface area contributed by atoms with E-state index in [4.69, 9.17) is 5.11 Å². The molecule has 2 aromatic rings. The van der Waals surface area contributed by atoms with E-state index in [1.54, 1.807) is 0 Å². The summed E-state index contributed by atoms with van der Waals surface area (Å²) in [6.07, 6.45) is 2.96. The van der Waals surface area contributed by atoms with Gasteiger partial charge in [0.25, 0.3) is 0 Å². The summed E-state index contributed by atoms with van der Waals surface area (Å²) in [5, 5.41) is 14.4. The van der Waals surface area contributed by atoms with Crippen molar-refractivity contribution < 1.29 is 14.7 Å². The first-order chi connectivity index (χ1) is 13.4. The maximum Gasteiger partial charge on any atom is 0.303 e. The molecule has 2 aromatic carbocycles. The van der Waals surface area contributed by atoms with Crippen molar-refractivity contribution in [2.75, 3.05) is 13.1 Å². The molecule has 0 saturated carbocycles. The van der Waals surface area contributed by atoms with Crippen molar-refractivity contribution in [1.82, 2.24) is 10.2 Å². The zero-order chi connectivity index (χ0) is 20.1. The van der Waals surface area contributed by atoms with E-state index in [9.17, 15) is 9.59 Å². The largest absolute Gasteiger partial charge is 0.481 e. The second-order valence-electron chi connectivity index (χ2n) is 7.95. The monoisotopic (exact) mass is 382 g/mol. The molecule has 150 valence electrons. The quantitative estimate of drug-likeness (QED) is 0.760.